The van der Waals surface area contributed by atoms with Gasteiger partial charge in [0.05, 0.1) is 7.11 Å². The van der Waals surface area contributed by atoms with Crippen LogP contribution in [0.5, 0.6) is 0 Å². The molecule has 0 amide bonds. The lowest BCUT2D eigenvalue weighted by Gasteiger charge is -1.91. The lowest BCUT2D eigenvalue weighted by molar-refractivity contribution is 0.392. The van der Waals surface area contributed by atoms with E-state index < -0.39 is 22.4 Å². The lowest BCUT2D eigenvalue weighted by Crippen LogP contribution is -1.99. The summed E-state index contributed by atoms with van der Waals surface area (Å²) in [4.78, 5) is 0. The third-order valence-electron chi connectivity index (χ3n) is 0.287. The molecular formula is C2H6O4S2. The smallest absolute Gasteiger partial charge is 0.271 e. The normalized spacial score (nSPS) is 17.8. The first-order chi connectivity index (χ1) is 3.66. The fraction of sp³-hybridized carbons (Fsp3) is 1.00. The molecule has 0 saturated carbocycles. The summed E-state index contributed by atoms with van der Waals surface area (Å²) in [5.41, 5.74) is 0. The molecule has 0 bridgehead atoms. The second-order valence-electron chi connectivity index (χ2n) is 0.840. The van der Waals surface area contributed by atoms with Gasteiger partial charge in [-0.15, -0.1) is 0 Å². The first kappa shape index (κ1) is 8.22. The predicted molar refractivity (Wildman–Crippen MR) is 30.3 cm³/mol. The van der Waals surface area contributed by atoms with E-state index in [1.807, 2.05) is 0 Å². The van der Waals surface area contributed by atoms with Gasteiger partial charge in [0.2, 0.25) is 0 Å². The van der Waals surface area contributed by atoms with E-state index in [0.717, 1.165) is 0 Å². The van der Waals surface area contributed by atoms with E-state index in [2.05, 4.69) is 7.81 Å². The quantitative estimate of drug-likeness (QED) is 0.556. The van der Waals surface area contributed by atoms with Gasteiger partial charge < -0.3 is 0 Å². The Kier molecular flexibility index (Phi) is 4.25. The van der Waals surface area contributed by atoms with E-state index in [-0.39, 0.29) is 0 Å². The van der Waals surface area contributed by atoms with E-state index in [0.29, 0.717) is 0 Å². The first-order valence-corrected chi connectivity index (χ1v) is 4.13. The summed E-state index contributed by atoms with van der Waals surface area (Å²) in [5.74, 6) is 0. The summed E-state index contributed by atoms with van der Waals surface area (Å²) < 4.78 is 28.4. The van der Waals surface area contributed by atoms with Crippen LogP contribution in [0.25, 0.3) is 0 Å². The molecule has 0 radical (unpaired) electrons. The molecule has 4 nitrogen and oxygen atoms in total. The Hall–Kier alpha value is 0.220. The van der Waals surface area contributed by atoms with Crippen molar-refractivity contribution < 1.29 is 16.2 Å². The third-order valence-corrected chi connectivity index (χ3v) is 1.77. The van der Waals surface area contributed by atoms with Crippen molar-refractivity contribution in [2.24, 2.45) is 0 Å². The molecule has 0 aliphatic heterocycles. The predicted octanol–water partition coefficient (Wildman–Crippen LogP) is -0.478. The van der Waals surface area contributed by atoms with E-state index in [1.54, 1.807) is 0 Å². The Labute approximate surface area is 52.7 Å². The Morgan fingerprint density at radius 1 is 1.38 bits per heavy atom. The highest BCUT2D eigenvalue weighted by Crippen LogP contribution is 1.86. The van der Waals surface area contributed by atoms with Crippen LogP contribution in [0.4, 0.5) is 0 Å². The zero-order valence-corrected chi connectivity index (χ0v) is 6.08. The minimum Gasteiger partial charge on any atom is -0.271 e. The van der Waals surface area contributed by atoms with Crippen LogP contribution in [-0.2, 0) is 30.3 Å². The first-order valence-electron chi connectivity index (χ1n) is 1.65. The molecule has 0 rings (SSSR count). The van der Waals surface area contributed by atoms with Crippen LogP contribution in [-0.4, -0.2) is 21.8 Å². The van der Waals surface area contributed by atoms with Crippen LogP contribution >= 0.6 is 0 Å². The SMILES string of the molecule is COS(=O)OS(C)=O. The third kappa shape index (κ3) is 4.38. The van der Waals surface area contributed by atoms with Gasteiger partial charge in [-0.1, -0.05) is 0 Å². The summed E-state index contributed by atoms with van der Waals surface area (Å²) >= 11 is -3.38. The van der Waals surface area contributed by atoms with Crippen LogP contribution in [0, 0.1) is 0 Å². The van der Waals surface area contributed by atoms with Gasteiger partial charge >= 0.3 is 11.4 Å². The number of rotatable bonds is 3. The maximum Gasteiger partial charge on any atom is 0.318 e. The Bertz CT molecular complexity index is 111. The van der Waals surface area contributed by atoms with Crippen molar-refractivity contribution >= 4 is 22.4 Å². The molecule has 0 saturated heterocycles. The minimum absolute atomic E-state index is 1.20. The van der Waals surface area contributed by atoms with Crippen molar-refractivity contribution in [3.8, 4) is 0 Å². The maximum absolute atomic E-state index is 10.1. The zero-order chi connectivity index (χ0) is 6.57. The van der Waals surface area contributed by atoms with Gasteiger partial charge in [0, 0.05) is 6.26 Å². The Balaban J connectivity index is 3.40. The van der Waals surface area contributed by atoms with Crippen molar-refractivity contribution in [3.63, 3.8) is 0 Å². The van der Waals surface area contributed by atoms with Crippen molar-refractivity contribution in [2.75, 3.05) is 13.4 Å². The van der Waals surface area contributed by atoms with E-state index >= 15 is 0 Å². The molecule has 0 N–H and O–H groups in total. The highest BCUT2D eigenvalue weighted by atomic mass is 32.3. The summed E-state index contributed by atoms with van der Waals surface area (Å²) in [5, 5.41) is 0. The van der Waals surface area contributed by atoms with Crippen LogP contribution in [0.1, 0.15) is 0 Å². The molecular weight excluding hydrogens is 152 g/mol. The monoisotopic (exact) mass is 158 g/mol. The highest BCUT2D eigenvalue weighted by Gasteiger charge is 1.97. The largest absolute Gasteiger partial charge is 0.318 e. The van der Waals surface area contributed by atoms with Crippen molar-refractivity contribution in [2.45, 2.75) is 0 Å². The summed E-state index contributed by atoms with van der Waals surface area (Å²) in [7, 11) is 1.20. The van der Waals surface area contributed by atoms with Crippen LogP contribution in [0.2, 0.25) is 0 Å². The van der Waals surface area contributed by atoms with Gasteiger partial charge in [-0.05, 0) is 0 Å². The lowest BCUT2D eigenvalue weighted by atomic mass is 11.8. The molecule has 0 aliphatic carbocycles. The van der Waals surface area contributed by atoms with Crippen LogP contribution in [0.15, 0.2) is 0 Å². The molecule has 8 heavy (non-hydrogen) atoms. The number of hydrogen-bond donors (Lipinski definition) is 0. The van der Waals surface area contributed by atoms with Crippen molar-refractivity contribution in [3.05, 3.63) is 0 Å². The average molecular weight is 158 g/mol. The molecule has 2 unspecified atom stereocenters. The van der Waals surface area contributed by atoms with Gasteiger partial charge in [0.15, 0.2) is 11.1 Å². The van der Waals surface area contributed by atoms with Gasteiger partial charge in [-0.25, -0.2) is 4.21 Å². The molecule has 2 atom stereocenters. The molecule has 0 aromatic heterocycles. The molecule has 0 aromatic rings. The van der Waals surface area contributed by atoms with Crippen LogP contribution < -0.4 is 0 Å². The zero-order valence-electron chi connectivity index (χ0n) is 4.45. The minimum atomic E-state index is -1.86. The average Bonchev–Trinajstić information content (AvgIpc) is 1.65. The van der Waals surface area contributed by atoms with Gasteiger partial charge in [0.25, 0.3) is 0 Å². The van der Waals surface area contributed by atoms with Gasteiger partial charge in [-0.2, -0.15) is 7.84 Å². The Morgan fingerprint density at radius 2 is 1.88 bits per heavy atom. The van der Waals surface area contributed by atoms with E-state index in [1.165, 1.54) is 13.4 Å². The second kappa shape index (κ2) is 4.13. The highest BCUT2D eigenvalue weighted by molar-refractivity contribution is 7.90. The molecule has 0 spiro atoms. The Morgan fingerprint density at radius 3 is 2.00 bits per heavy atom. The fourth-order valence-corrected chi connectivity index (χ4v) is 0.954. The maximum atomic E-state index is 10.1. The molecule has 0 aromatic carbocycles. The molecule has 6 heteroatoms. The van der Waals surface area contributed by atoms with E-state index in [4.69, 9.17) is 0 Å². The summed E-state index contributed by atoms with van der Waals surface area (Å²) in [6, 6.07) is 0. The molecule has 0 fully saturated rings. The molecule has 0 heterocycles. The van der Waals surface area contributed by atoms with Crippen LogP contribution in [0.3, 0.4) is 0 Å². The molecule has 50 valence electrons. The van der Waals surface area contributed by atoms with E-state index in [9.17, 15) is 8.42 Å². The number of hydrogen-bond acceptors (Lipinski definition) is 4. The van der Waals surface area contributed by atoms with Crippen molar-refractivity contribution in [1.82, 2.24) is 0 Å². The summed E-state index contributed by atoms with van der Waals surface area (Å²) in [6.07, 6.45) is 1.26. The summed E-state index contributed by atoms with van der Waals surface area (Å²) in [6.45, 7) is 0. The molecule has 0 aliphatic rings. The van der Waals surface area contributed by atoms with Crippen molar-refractivity contribution in [1.29, 1.82) is 0 Å². The standard InChI is InChI=1S/C2H6O4S2/c1-5-8(4)6-7(2)3/h1-2H3. The fourth-order valence-electron chi connectivity index (χ4n) is 0.106. The van der Waals surface area contributed by atoms with Gasteiger partial charge in [-0.3, -0.25) is 4.18 Å². The second-order valence-corrected chi connectivity index (χ2v) is 2.93. The topological polar surface area (TPSA) is 52.6 Å². The van der Waals surface area contributed by atoms with Gasteiger partial charge in [0.1, 0.15) is 0 Å².